The van der Waals surface area contributed by atoms with Gasteiger partial charge in [-0.15, -0.1) is 0 Å². The summed E-state index contributed by atoms with van der Waals surface area (Å²) in [6.45, 7) is 3.84. The van der Waals surface area contributed by atoms with Gasteiger partial charge in [-0.05, 0) is 38.3 Å². The third kappa shape index (κ3) is 5.13. The highest BCUT2D eigenvalue weighted by Gasteiger charge is 2.27. The molecule has 156 valence electrons. The monoisotopic (exact) mass is 400 g/mol. The minimum Gasteiger partial charge on any atom is -0.497 e. The van der Waals surface area contributed by atoms with Gasteiger partial charge in [-0.1, -0.05) is 0 Å². The summed E-state index contributed by atoms with van der Waals surface area (Å²) in [7, 11) is 3.00. The molecule has 2 aromatic rings. The Morgan fingerprint density at radius 2 is 2.10 bits per heavy atom. The zero-order valence-corrected chi connectivity index (χ0v) is 17.2. The highest BCUT2D eigenvalue weighted by Crippen LogP contribution is 2.26. The van der Waals surface area contributed by atoms with E-state index in [1.165, 1.54) is 7.11 Å². The fourth-order valence-corrected chi connectivity index (χ4v) is 3.58. The molecule has 8 nitrogen and oxygen atoms in total. The van der Waals surface area contributed by atoms with Crippen LogP contribution in [0.15, 0.2) is 18.2 Å². The van der Waals surface area contributed by atoms with E-state index in [0.29, 0.717) is 31.9 Å². The summed E-state index contributed by atoms with van der Waals surface area (Å²) in [6.07, 6.45) is 2.61. The zero-order valence-electron chi connectivity index (χ0n) is 17.2. The smallest absolute Gasteiger partial charge is 0.305 e. The zero-order chi connectivity index (χ0) is 20.8. The number of fused-ring (bicyclic) bond motifs is 1. The minimum atomic E-state index is -0.261. The standard InChI is InChI=1S/C21H28N4O4/c1-14-17-9-8-16(28-2)12-18(17)24-21(23-14)25-11-5-6-15(13-25)20(27)22-10-4-7-19(26)29-3/h8-9,12,15H,4-7,10-11,13H2,1-3H3,(H,22,27)/t15-/m0/s1. The number of nitrogens with zero attached hydrogens (tertiary/aromatic N) is 3. The second-order valence-corrected chi connectivity index (χ2v) is 7.25. The summed E-state index contributed by atoms with van der Waals surface area (Å²) in [5, 5.41) is 3.92. The molecule has 1 aliphatic heterocycles. The number of rotatable bonds is 7. The van der Waals surface area contributed by atoms with Gasteiger partial charge < -0.3 is 19.7 Å². The second-order valence-electron chi connectivity index (χ2n) is 7.25. The summed E-state index contributed by atoms with van der Waals surface area (Å²) in [5.41, 5.74) is 1.74. The molecule has 1 fully saturated rings. The second kappa shape index (κ2) is 9.54. The number of benzene rings is 1. The number of nitrogens with one attached hydrogen (secondary N) is 1. The van der Waals surface area contributed by atoms with Crippen molar-refractivity contribution in [1.82, 2.24) is 15.3 Å². The van der Waals surface area contributed by atoms with E-state index in [0.717, 1.165) is 41.7 Å². The van der Waals surface area contributed by atoms with Crippen molar-refractivity contribution in [3.05, 3.63) is 23.9 Å². The van der Waals surface area contributed by atoms with Gasteiger partial charge in [0.25, 0.3) is 0 Å². The topological polar surface area (TPSA) is 93.7 Å². The molecule has 1 aromatic heterocycles. The van der Waals surface area contributed by atoms with Crippen LogP contribution in [0.4, 0.5) is 5.95 Å². The van der Waals surface area contributed by atoms with Crippen molar-refractivity contribution < 1.29 is 19.1 Å². The number of methoxy groups -OCH3 is 2. The summed E-state index contributed by atoms with van der Waals surface area (Å²) >= 11 is 0. The number of ether oxygens (including phenoxy) is 2. The van der Waals surface area contributed by atoms with Crippen molar-refractivity contribution in [1.29, 1.82) is 0 Å². The summed E-state index contributed by atoms with van der Waals surface area (Å²) in [6, 6.07) is 5.77. The van der Waals surface area contributed by atoms with E-state index in [9.17, 15) is 9.59 Å². The van der Waals surface area contributed by atoms with Gasteiger partial charge in [-0.3, -0.25) is 9.59 Å². The van der Waals surface area contributed by atoms with Gasteiger partial charge in [0.2, 0.25) is 11.9 Å². The maximum absolute atomic E-state index is 12.5. The Balaban J connectivity index is 1.65. The Hall–Kier alpha value is -2.90. The molecule has 1 atom stereocenters. The Labute approximate surface area is 170 Å². The summed E-state index contributed by atoms with van der Waals surface area (Å²) in [5.74, 6) is 1.03. The molecule has 0 unspecified atom stereocenters. The predicted molar refractivity (Wildman–Crippen MR) is 110 cm³/mol. The van der Waals surface area contributed by atoms with E-state index >= 15 is 0 Å². The third-order valence-electron chi connectivity index (χ3n) is 5.24. The number of piperidine rings is 1. The van der Waals surface area contributed by atoms with Crippen LogP contribution in [0.2, 0.25) is 0 Å². The Bertz CT molecular complexity index is 886. The van der Waals surface area contributed by atoms with Crippen LogP contribution in [0, 0.1) is 12.8 Å². The molecule has 1 saturated heterocycles. The van der Waals surface area contributed by atoms with E-state index in [1.807, 2.05) is 25.1 Å². The van der Waals surface area contributed by atoms with Crippen LogP contribution in [-0.2, 0) is 14.3 Å². The third-order valence-corrected chi connectivity index (χ3v) is 5.24. The molecule has 8 heteroatoms. The average molecular weight is 400 g/mol. The fourth-order valence-electron chi connectivity index (χ4n) is 3.58. The molecule has 3 rings (SSSR count). The van der Waals surface area contributed by atoms with Gasteiger partial charge >= 0.3 is 5.97 Å². The number of aryl methyl sites for hydroxylation is 1. The lowest BCUT2D eigenvalue weighted by Crippen LogP contribution is -2.44. The Morgan fingerprint density at radius 1 is 1.28 bits per heavy atom. The number of hydrogen-bond donors (Lipinski definition) is 1. The van der Waals surface area contributed by atoms with Crippen LogP contribution in [0.3, 0.4) is 0 Å². The Kier molecular flexibility index (Phi) is 6.85. The first kappa shape index (κ1) is 20.8. The van der Waals surface area contributed by atoms with Crippen molar-refractivity contribution in [2.75, 3.05) is 38.8 Å². The molecular formula is C21H28N4O4. The molecule has 0 bridgehead atoms. The first-order chi connectivity index (χ1) is 14.0. The van der Waals surface area contributed by atoms with Gasteiger partial charge in [-0.2, -0.15) is 0 Å². The van der Waals surface area contributed by atoms with Crippen molar-refractivity contribution in [2.45, 2.75) is 32.6 Å². The largest absolute Gasteiger partial charge is 0.497 e. The average Bonchev–Trinajstić information content (AvgIpc) is 2.75. The number of esters is 1. The SMILES string of the molecule is COC(=O)CCCNC(=O)[C@H]1CCCN(c2nc(C)c3ccc(OC)cc3n2)C1. The number of anilines is 1. The lowest BCUT2D eigenvalue weighted by atomic mass is 9.97. The highest BCUT2D eigenvalue weighted by molar-refractivity contribution is 5.83. The molecule has 0 radical (unpaired) electrons. The lowest BCUT2D eigenvalue weighted by Gasteiger charge is -2.32. The van der Waals surface area contributed by atoms with Crippen molar-refractivity contribution in [3.8, 4) is 5.75 Å². The number of hydrogen-bond acceptors (Lipinski definition) is 7. The molecule has 0 saturated carbocycles. The fraction of sp³-hybridized carbons (Fsp3) is 0.524. The predicted octanol–water partition coefficient (Wildman–Crippen LogP) is 2.23. The number of carbonyl (C=O) groups is 2. The lowest BCUT2D eigenvalue weighted by molar-refractivity contribution is -0.140. The van der Waals surface area contributed by atoms with Gasteiger partial charge in [0.1, 0.15) is 5.75 Å². The summed E-state index contributed by atoms with van der Waals surface area (Å²) in [4.78, 5) is 35.2. The molecule has 2 heterocycles. The van der Waals surface area contributed by atoms with E-state index in [4.69, 9.17) is 9.72 Å². The van der Waals surface area contributed by atoms with Crippen LogP contribution in [0.1, 0.15) is 31.4 Å². The molecule has 1 aliphatic rings. The maximum Gasteiger partial charge on any atom is 0.305 e. The Morgan fingerprint density at radius 3 is 2.86 bits per heavy atom. The molecule has 0 spiro atoms. The molecule has 29 heavy (non-hydrogen) atoms. The van der Waals surface area contributed by atoms with E-state index < -0.39 is 0 Å². The van der Waals surface area contributed by atoms with Gasteiger partial charge in [0, 0.05) is 37.5 Å². The summed E-state index contributed by atoms with van der Waals surface area (Å²) < 4.78 is 9.92. The molecular weight excluding hydrogens is 372 g/mol. The normalized spacial score (nSPS) is 16.5. The van der Waals surface area contributed by atoms with Gasteiger partial charge in [0.05, 0.1) is 31.3 Å². The van der Waals surface area contributed by atoms with E-state index in [2.05, 4.69) is 19.9 Å². The molecule has 1 aromatic carbocycles. The first-order valence-corrected chi connectivity index (χ1v) is 9.93. The minimum absolute atomic E-state index is 0.0127. The van der Waals surface area contributed by atoms with Crippen LogP contribution < -0.4 is 15.0 Å². The number of aromatic nitrogens is 2. The first-order valence-electron chi connectivity index (χ1n) is 9.93. The van der Waals surface area contributed by atoms with Crippen molar-refractivity contribution in [2.24, 2.45) is 5.92 Å². The van der Waals surface area contributed by atoms with Gasteiger partial charge in [-0.25, -0.2) is 9.97 Å². The molecule has 1 amide bonds. The van der Waals surface area contributed by atoms with Crippen LogP contribution >= 0.6 is 0 Å². The van der Waals surface area contributed by atoms with Crippen LogP contribution in [0.25, 0.3) is 10.9 Å². The highest BCUT2D eigenvalue weighted by atomic mass is 16.5. The molecule has 0 aliphatic carbocycles. The van der Waals surface area contributed by atoms with E-state index in [-0.39, 0.29) is 17.8 Å². The molecule has 1 N–H and O–H groups in total. The number of amides is 1. The van der Waals surface area contributed by atoms with Crippen molar-refractivity contribution in [3.63, 3.8) is 0 Å². The van der Waals surface area contributed by atoms with E-state index in [1.54, 1.807) is 7.11 Å². The van der Waals surface area contributed by atoms with Gasteiger partial charge in [0.15, 0.2) is 0 Å². The van der Waals surface area contributed by atoms with Crippen LogP contribution in [-0.4, -0.2) is 55.7 Å². The number of carbonyl (C=O) groups excluding carboxylic acids is 2. The van der Waals surface area contributed by atoms with Crippen molar-refractivity contribution >= 4 is 28.7 Å². The quantitative estimate of drug-likeness (QED) is 0.563. The maximum atomic E-state index is 12.5. The van der Waals surface area contributed by atoms with Crippen LogP contribution in [0.5, 0.6) is 5.75 Å².